The van der Waals surface area contributed by atoms with Crippen molar-refractivity contribution in [2.45, 2.75) is 11.1 Å². The average Bonchev–Trinajstić information content (AvgIpc) is 2.48. The third-order valence-corrected chi connectivity index (χ3v) is 4.44. The maximum Gasteiger partial charge on any atom is 0.417 e. The van der Waals surface area contributed by atoms with Crippen LogP contribution >= 0.6 is 0 Å². The number of carbonyl (C=O) groups is 1. The highest BCUT2D eigenvalue weighted by Gasteiger charge is 2.37. The lowest BCUT2D eigenvalue weighted by atomic mass is 10.2. The van der Waals surface area contributed by atoms with Gasteiger partial charge in [-0.05, 0) is 18.2 Å². The fraction of sp³-hybridized carbons (Fsp3) is 0.0714. The molecule has 0 heterocycles. The van der Waals surface area contributed by atoms with Crippen molar-refractivity contribution in [1.29, 1.82) is 0 Å². The summed E-state index contributed by atoms with van der Waals surface area (Å²) in [5.41, 5.74) is -3.55. The minimum absolute atomic E-state index is 0.108. The number of sulfonamides is 1. The summed E-state index contributed by atoms with van der Waals surface area (Å²) < 4.78 is 91.6. The average molecular weight is 381 g/mol. The maximum atomic E-state index is 13.7. The van der Waals surface area contributed by atoms with Crippen LogP contribution < -0.4 is 4.72 Å². The zero-order valence-corrected chi connectivity index (χ0v) is 12.8. The molecule has 2 N–H and O–H groups in total. The summed E-state index contributed by atoms with van der Waals surface area (Å²) in [6.45, 7) is 0. The highest BCUT2D eigenvalue weighted by atomic mass is 32.2. The van der Waals surface area contributed by atoms with Gasteiger partial charge in [-0.15, -0.1) is 0 Å². The Balaban J connectivity index is 2.55. The molecule has 0 amide bonds. The van der Waals surface area contributed by atoms with Crippen LogP contribution in [0.5, 0.6) is 0 Å². The molecule has 0 aliphatic rings. The Morgan fingerprint density at radius 1 is 1.04 bits per heavy atom. The highest BCUT2D eigenvalue weighted by molar-refractivity contribution is 7.92. The monoisotopic (exact) mass is 381 g/mol. The van der Waals surface area contributed by atoms with E-state index in [0.717, 1.165) is 12.1 Å². The van der Waals surface area contributed by atoms with Crippen LogP contribution in [-0.4, -0.2) is 19.5 Å². The van der Waals surface area contributed by atoms with Gasteiger partial charge >= 0.3 is 12.1 Å². The molecule has 0 unspecified atom stereocenters. The predicted molar refractivity (Wildman–Crippen MR) is 75.6 cm³/mol. The van der Waals surface area contributed by atoms with Gasteiger partial charge in [0.25, 0.3) is 10.0 Å². The number of benzene rings is 2. The number of hydrogen-bond acceptors (Lipinski definition) is 3. The van der Waals surface area contributed by atoms with Gasteiger partial charge in [0.05, 0.1) is 21.7 Å². The highest BCUT2D eigenvalue weighted by Crippen LogP contribution is 2.35. The summed E-state index contributed by atoms with van der Waals surface area (Å²) >= 11 is 0. The number of aromatic carboxylic acids is 1. The molecule has 25 heavy (non-hydrogen) atoms. The Hall–Kier alpha value is -2.69. The molecule has 0 radical (unpaired) electrons. The Morgan fingerprint density at radius 3 is 2.20 bits per heavy atom. The summed E-state index contributed by atoms with van der Waals surface area (Å²) in [7, 11) is -4.93. The van der Waals surface area contributed by atoms with Crippen molar-refractivity contribution < 1.29 is 40.3 Å². The van der Waals surface area contributed by atoms with E-state index in [-0.39, 0.29) is 6.07 Å². The molecule has 0 saturated heterocycles. The van der Waals surface area contributed by atoms with Gasteiger partial charge in [-0.1, -0.05) is 12.1 Å². The van der Waals surface area contributed by atoms with Crippen molar-refractivity contribution in [3.05, 3.63) is 59.2 Å². The number of hydrogen-bond donors (Lipinski definition) is 2. The molecular formula is C14H8F5NO4S. The molecule has 2 aromatic carbocycles. The molecule has 5 nitrogen and oxygen atoms in total. The van der Waals surface area contributed by atoms with Crippen LogP contribution in [0.25, 0.3) is 0 Å². The van der Waals surface area contributed by atoms with E-state index in [2.05, 4.69) is 0 Å². The van der Waals surface area contributed by atoms with Gasteiger partial charge in [0.1, 0.15) is 11.6 Å². The van der Waals surface area contributed by atoms with Crippen LogP contribution in [0, 0.1) is 11.6 Å². The normalized spacial score (nSPS) is 12.0. The zero-order valence-electron chi connectivity index (χ0n) is 11.9. The van der Waals surface area contributed by atoms with E-state index in [0.29, 0.717) is 18.2 Å². The van der Waals surface area contributed by atoms with Crippen molar-refractivity contribution >= 4 is 21.7 Å². The second-order valence-corrected chi connectivity index (χ2v) is 6.37. The standard InChI is InChI=1S/C14H8F5NO4S/c15-9-6-10(16)11(5-7(9)13(21)22)20-25(23,24)12-4-2-1-3-8(12)14(17,18)19/h1-6,20H,(H,21,22). The molecule has 0 aliphatic carbocycles. The van der Waals surface area contributed by atoms with Crippen LogP contribution in [0.2, 0.25) is 0 Å². The van der Waals surface area contributed by atoms with E-state index >= 15 is 0 Å². The fourth-order valence-corrected chi connectivity index (χ4v) is 3.21. The number of halogens is 5. The molecule has 11 heteroatoms. The molecule has 2 rings (SSSR count). The quantitative estimate of drug-likeness (QED) is 0.795. The molecule has 0 atom stereocenters. The van der Waals surface area contributed by atoms with Gasteiger partial charge in [0, 0.05) is 6.07 Å². The predicted octanol–water partition coefficient (Wildman–Crippen LogP) is 3.48. The van der Waals surface area contributed by atoms with E-state index in [9.17, 15) is 35.2 Å². The van der Waals surface area contributed by atoms with Crippen LogP contribution in [0.3, 0.4) is 0 Å². The second-order valence-electron chi connectivity index (χ2n) is 4.72. The lowest BCUT2D eigenvalue weighted by Gasteiger charge is -2.15. The Kier molecular flexibility index (Phi) is 4.71. The summed E-state index contributed by atoms with van der Waals surface area (Å²) in [6, 6.07) is 3.58. The topological polar surface area (TPSA) is 83.5 Å². The third-order valence-electron chi connectivity index (χ3n) is 3.01. The first kappa shape index (κ1) is 18.6. The lowest BCUT2D eigenvalue weighted by molar-refractivity contribution is -0.139. The number of carboxylic acid groups (broad SMARTS) is 1. The molecule has 134 valence electrons. The summed E-state index contributed by atoms with van der Waals surface area (Å²) in [5, 5.41) is 8.76. The van der Waals surface area contributed by atoms with E-state index < -0.39 is 55.5 Å². The fourth-order valence-electron chi connectivity index (χ4n) is 1.93. The SMILES string of the molecule is O=C(O)c1cc(NS(=O)(=O)c2ccccc2C(F)(F)F)c(F)cc1F. The first-order chi connectivity index (χ1) is 11.4. The molecule has 0 spiro atoms. The Bertz CT molecular complexity index is 941. The van der Waals surface area contributed by atoms with Gasteiger partial charge in [-0.3, -0.25) is 4.72 Å². The summed E-state index contributed by atoms with van der Waals surface area (Å²) in [6.07, 6.45) is -5.00. The van der Waals surface area contributed by atoms with Gasteiger partial charge in [0.2, 0.25) is 0 Å². The van der Waals surface area contributed by atoms with Crippen molar-refractivity contribution in [3.8, 4) is 0 Å². The van der Waals surface area contributed by atoms with E-state index in [4.69, 9.17) is 5.11 Å². The number of alkyl halides is 3. The van der Waals surface area contributed by atoms with Crippen molar-refractivity contribution in [2.24, 2.45) is 0 Å². The molecule has 0 fully saturated rings. The smallest absolute Gasteiger partial charge is 0.417 e. The number of rotatable bonds is 4. The van der Waals surface area contributed by atoms with E-state index in [1.165, 1.54) is 4.72 Å². The zero-order chi connectivity index (χ0) is 19.0. The first-order valence-electron chi connectivity index (χ1n) is 6.35. The minimum Gasteiger partial charge on any atom is -0.478 e. The van der Waals surface area contributed by atoms with E-state index in [1.807, 2.05) is 0 Å². The van der Waals surface area contributed by atoms with Gasteiger partial charge < -0.3 is 5.11 Å². The van der Waals surface area contributed by atoms with Crippen LogP contribution in [0.15, 0.2) is 41.3 Å². The minimum atomic E-state index is -5.00. The number of nitrogens with one attached hydrogen (secondary N) is 1. The summed E-state index contributed by atoms with van der Waals surface area (Å²) in [5.74, 6) is -4.77. The summed E-state index contributed by atoms with van der Waals surface area (Å²) in [4.78, 5) is 9.63. The van der Waals surface area contributed by atoms with E-state index in [1.54, 1.807) is 0 Å². The Labute approximate surface area is 137 Å². The van der Waals surface area contributed by atoms with Crippen LogP contribution in [0.1, 0.15) is 15.9 Å². The molecule has 0 aromatic heterocycles. The van der Waals surface area contributed by atoms with Gasteiger partial charge in [0.15, 0.2) is 0 Å². The molecule has 0 saturated carbocycles. The van der Waals surface area contributed by atoms with Crippen molar-refractivity contribution in [2.75, 3.05) is 4.72 Å². The van der Waals surface area contributed by atoms with Crippen molar-refractivity contribution in [1.82, 2.24) is 0 Å². The first-order valence-corrected chi connectivity index (χ1v) is 7.83. The number of carboxylic acids is 1. The number of anilines is 1. The molecule has 2 aromatic rings. The van der Waals surface area contributed by atoms with Crippen LogP contribution in [-0.2, 0) is 16.2 Å². The largest absolute Gasteiger partial charge is 0.478 e. The van der Waals surface area contributed by atoms with Crippen LogP contribution in [0.4, 0.5) is 27.6 Å². The second kappa shape index (κ2) is 6.31. The van der Waals surface area contributed by atoms with Crippen molar-refractivity contribution in [3.63, 3.8) is 0 Å². The van der Waals surface area contributed by atoms with Gasteiger partial charge in [-0.25, -0.2) is 22.0 Å². The maximum absolute atomic E-state index is 13.7. The molecule has 0 aliphatic heterocycles. The third kappa shape index (κ3) is 3.87. The Morgan fingerprint density at radius 2 is 1.64 bits per heavy atom. The molecular weight excluding hydrogens is 373 g/mol. The molecule has 0 bridgehead atoms. The van der Waals surface area contributed by atoms with Gasteiger partial charge in [-0.2, -0.15) is 13.2 Å². The lowest BCUT2D eigenvalue weighted by Crippen LogP contribution is -2.20.